The molecule has 0 aliphatic rings. The Hall–Kier alpha value is -1.06. The Morgan fingerprint density at radius 3 is 2.27 bits per heavy atom. The standard InChI is InChI=1S/C11H21NO3/c1-5-10(13)12-9(7-8(3)4)11(14)15-6-2/h8-9H,5-7H2,1-4H3,(H,12,13). The van der Waals surface area contributed by atoms with E-state index >= 15 is 0 Å². The molecule has 0 heterocycles. The molecule has 0 bridgehead atoms. The number of hydrogen-bond donors (Lipinski definition) is 1. The van der Waals surface area contributed by atoms with Crippen molar-refractivity contribution in [3.8, 4) is 0 Å². The van der Waals surface area contributed by atoms with Crippen LogP contribution in [0.15, 0.2) is 0 Å². The molecule has 0 saturated heterocycles. The van der Waals surface area contributed by atoms with Crippen molar-refractivity contribution in [2.45, 2.75) is 46.6 Å². The summed E-state index contributed by atoms with van der Waals surface area (Å²) >= 11 is 0. The minimum atomic E-state index is -0.502. The molecular formula is C11H21NO3. The summed E-state index contributed by atoms with van der Waals surface area (Å²) in [5.74, 6) is -0.113. The van der Waals surface area contributed by atoms with Crippen LogP contribution in [0.2, 0.25) is 0 Å². The highest BCUT2D eigenvalue weighted by Crippen LogP contribution is 2.06. The second-order valence-corrected chi connectivity index (χ2v) is 3.86. The minimum absolute atomic E-state index is 0.117. The Balaban J connectivity index is 4.29. The molecule has 0 aromatic rings. The van der Waals surface area contributed by atoms with Gasteiger partial charge in [0, 0.05) is 6.42 Å². The molecule has 1 N–H and O–H groups in total. The highest BCUT2D eigenvalue weighted by Gasteiger charge is 2.22. The molecule has 0 saturated carbocycles. The number of amides is 1. The number of ether oxygens (including phenoxy) is 1. The summed E-state index contributed by atoms with van der Waals surface area (Å²) in [7, 11) is 0. The van der Waals surface area contributed by atoms with E-state index in [1.54, 1.807) is 13.8 Å². The topological polar surface area (TPSA) is 55.4 Å². The molecule has 4 heteroatoms. The molecule has 1 atom stereocenters. The lowest BCUT2D eigenvalue weighted by Crippen LogP contribution is -2.42. The van der Waals surface area contributed by atoms with Crippen molar-refractivity contribution in [2.24, 2.45) is 5.92 Å². The lowest BCUT2D eigenvalue weighted by Gasteiger charge is -2.18. The summed E-state index contributed by atoms with van der Waals surface area (Å²) in [4.78, 5) is 22.7. The molecule has 1 unspecified atom stereocenters. The fourth-order valence-corrected chi connectivity index (χ4v) is 1.22. The molecule has 4 nitrogen and oxygen atoms in total. The maximum atomic E-state index is 11.5. The molecule has 15 heavy (non-hydrogen) atoms. The first-order valence-electron chi connectivity index (χ1n) is 5.47. The van der Waals surface area contributed by atoms with Gasteiger partial charge >= 0.3 is 5.97 Å². The molecule has 1 amide bonds. The van der Waals surface area contributed by atoms with Crippen LogP contribution in [-0.4, -0.2) is 24.5 Å². The Kier molecular flexibility index (Phi) is 6.75. The van der Waals surface area contributed by atoms with Crippen molar-refractivity contribution in [3.05, 3.63) is 0 Å². The molecule has 0 aromatic heterocycles. The van der Waals surface area contributed by atoms with Crippen LogP contribution >= 0.6 is 0 Å². The fourth-order valence-electron chi connectivity index (χ4n) is 1.22. The molecule has 0 aliphatic carbocycles. The fraction of sp³-hybridized carbons (Fsp3) is 0.818. The third-order valence-electron chi connectivity index (χ3n) is 1.93. The smallest absolute Gasteiger partial charge is 0.328 e. The maximum absolute atomic E-state index is 11.5. The summed E-state index contributed by atoms with van der Waals surface area (Å²) in [6.45, 7) is 7.86. The van der Waals surface area contributed by atoms with Crippen molar-refractivity contribution in [2.75, 3.05) is 6.61 Å². The van der Waals surface area contributed by atoms with Crippen LogP contribution in [0, 0.1) is 5.92 Å². The number of esters is 1. The van der Waals surface area contributed by atoms with Crippen molar-refractivity contribution >= 4 is 11.9 Å². The van der Waals surface area contributed by atoms with Crippen LogP contribution in [-0.2, 0) is 14.3 Å². The van der Waals surface area contributed by atoms with E-state index < -0.39 is 6.04 Å². The number of nitrogens with one attached hydrogen (secondary N) is 1. The van der Waals surface area contributed by atoms with Gasteiger partial charge in [-0.1, -0.05) is 20.8 Å². The van der Waals surface area contributed by atoms with Gasteiger partial charge in [0.05, 0.1) is 6.61 Å². The molecule has 0 aromatic carbocycles. The molecule has 88 valence electrons. The van der Waals surface area contributed by atoms with E-state index in [9.17, 15) is 9.59 Å². The van der Waals surface area contributed by atoms with Gasteiger partial charge < -0.3 is 10.1 Å². The van der Waals surface area contributed by atoms with Crippen LogP contribution in [0.4, 0.5) is 0 Å². The van der Waals surface area contributed by atoms with E-state index in [-0.39, 0.29) is 11.9 Å². The predicted octanol–water partition coefficient (Wildman–Crippen LogP) is 1.49. The van der Waals surface area contributed by atoms with E-state index in [0.29, 0.717) is 25.4 Å². The number of carbonyl (C=O) groups is 2. The first-order chi connectivity index (χ1) is 7.01. The van der Waals surface area contributed by atoms with Crippen LogP contribution < -0.4 is 5.32 Å². The zero-order chi connectivity index (χ0) is 11.8. The summed E-state index contributed by atoms with van der Waals surface area (Å²) in [6, 6.07) is -0.502. The third kappa shape index (κ3) is 6.10. The third-order valence-corrected chi connectivity index (χ3v) is 1.93. The largest absolute Gasteiger partial charge is 0.464 e. The maximum Gasteiger partial charge on any atom is 0.328 e. The Labute approximate surface area is 91.4 Å². The lowest BCUT2D eigenvalue weighted by atomic mass is 10.0. The molecule has 0 spiro atoms. The molecular weight excluding hydrogens is 194 g/mol. The second kappa shape index (κ2) is 7.26. The van der Waals surface area contributed by atoms with Gasteiger partial charge in [-0.25, -0.2) is 4.79 Å². The van der Waals surface area contributed by atoms with Gasteiger partial charge in [0.2, 0.25) is 5.91 Å². The monoisotopic (exact) mass is 215 g/mol. The van der Waals surface area contributed by atoms with Gasteiger partial charge in [0.1, 0.15) is 6.04 Å². The highest BCUT2D eigenvalue weighted by atomic mass is 16.5. The average molecular weight is 215 g/mol. The molecule has 0 fully saturated rings. The van der Waals surface area contributed by atoms with Crippen molar-refractivity contribution in [1.29, 1.82) is 0 Å². The number of rotatable bonds is 6. The minimum Gasteiger partial charge on any atom is -0.464 e. The van der Waals surface area contributed by atoms with E-state index in [1.807, 2.05) is 13.8 Å². The van der Waals surface area contributed by atoms with Crippen LogP contribution in [0.1, 0.15) is 40.5 Å². The summed E-state index contributed by atoms with van der Waals surface area (Å²) < 4.78 is 4.90. The zero-order valence-electron chi connectivity index (χ0n) is 10.0. The van der Waals surface area contributed by atoms with Crippen molar-refractivity contribution in [1.82, 2.24) is 5.32 Å². The number of hydrogen-bond acceptors (Lipinski definition) is 3. The quantitative estimate of drug-likeness (QED) is 0.683. The molecule has 0 radical (unpaired) electrons. The SMILES string of the molecule is CCOC(=O)C(CC(C)C)NC(=O)CC. The van der Waals surface area contributed by atoms with E-state index in [2.05, 4.69) is 5.32 Å². The van der Waals surface area contributed by atoms with Gasteiger partial charge in [0.25, 0.3) is 0 Å². The van der Waals surface area contributed by atoms with Crippen LogP contribution in [0.25, 0.3) is 0 Å². The van der Waals surface area contributed by atoms with Gasteiger partial charge in [-0.15, -0.1) is 0 Å². The van der Waals surface area contributed by atoms with Crippen LogP contribution in [0.5, 0.6) is 0 Å². The lowest BCUT2D eigenvalue weighted by molar-refractivity contribution is -0.147. The van der Waals surface area contributed by atoms with E-state index in [4.69, 9.17) is 4.74 Å². The van der Waals surface area contributed by atoms with E-state index in [1.165, 1.54) is 0 Å². The normalized spacial score (nSPS) is 12.3. The van der Waals surface area contributed by atoms with Crippen LogP contribution in [0.3, 0.4) is 0 Å². The zero-order valence-corrected chi connectivity index (χ0v) is 10.0. The first-order valence-corrected chi connectivity index (χ1v) is 5.47. The Morgan fingerprint density at radius 2 is 1.87 bits per heavy atom. The molecule has 0 rings (SSSR count). The van der Waals surface area contributed by atoms with Crippen molar-refractivity contribution in [3.63, 3.8) is 0 Å². The first kappa shape index (κ1) is 13.9. The summed E-state index contributed by atoms with van der Waals surface area (Å²) in [6.07, 6.45) is 0.999. The summed E-state index contributed by atoms with van der Waals surface area (Å²) in [5, 5.41) is 2.67. The molecule has 0 aliphatic heterocycles. The van der Waals surface area contributed by atoms with Gasteiger partial charge in [-0.05, 0) is 19.3 Å². The average Bonchev–Trinajstić information content (AvgIpc) is 2.16. The number of carbonyl (C=O) groups excluding carboxylic acids is 2. The van der Waals surface area contributed by atoms with Crippen molar-refractivity contribution < 1.29 is 14.3 Å². The van der Waals surface area contributed by atoms with Gasteiger partial charge in [0.15, 0.2) is 0 Å². The van der Waals surface area contributed by atoms with Gasteiger partial charge in [-0.2, -0.15) is 0 Å². The Bertz CT molecular complexity index is 214. The summed E-state index contributed by atoms with van der Waals surface area (Å²) in [5.41, 5.74) is 0. The predicted molar refractivity (Wildman–Crippen MR) is 58.3 cm³/mol. The van der Waals surface area contributed by atoms with E-state index in [0.717, 1.165) is 0 Å². The second-order valence-electron chi connectivity index (χ2n) is 3.86. The highest BCUT2D eigenvalue weighted by molar-refractivity contribution is 5.84. The van der Waals surface area contributed by atoms with Gasteiger partial charge in [-0.3, -0.25) is 4.79 Å². The Morgan fingerprint density at radius 1 is 1.27 bits per heavy atom.